The zero-order valence-corrected chi connectivity index (χ0v) is 19.6. The number of nitrogens with zero attached hydrogens (tertiary/aromatic N) is 3. The summed E-state index contributed by atoms with van der Waals surface area (Å²) < 4.78 is 2.04. The van der Waals surface area contributed by atoms with Crippen LogP contribution in [0.2, 0.25) is 0 Å². The molecular formula is C25H29N5O2S. The number of hydrogen-bond acceptors (Lipinski definition) is 5. The van der Waals surface area contributed by atoms with Gasteiger partial charge in [0.15, 0.2) is 5.16 Å². The van der Waals surface area contributed by atoms with Gasteiger partial charge in [0.2, 0.25) is 5.91 Å². The molecule has 1 heterocycles. The van der Waals surface area contributed by atoms with Crippen LogP contribution in [0.15, 0.2) is 59.8 Å². The molecule has 0 saturated heterocycles. The van der Waals surface area contributed by atoms with Gasteiger partial charge in [-0.15, -0.1) is 10.2 Å². The summed E-state index contributed by atoms with van der Waals surface area (Å²) in [6, 6.07) is 17.5. The largest absolute Gasteiger partial charge is 0.349 e. The molecule has 172 valence electrons. The van der Waals surface area contributed by atoms with Crippen molar-refractivity contribution < 1.29 is 9.59 Å². The molecule has 1 aliphatic carbocycles. The lowest BCUT2D eigenvalue weighted by Gasteiger charge is -2.15. The highest BCUT2D eigenvalue weighted by Gasteiger charge is 2.20. The molecule has 1 saturated carbocycles. The molecule has 0 radical (unpaired) electrons. The maximum atomic E-state index is 12.7. The number of anilines is 1. The molecule has 2 aromatic carbocycles. The SMILES string of the molecule is CCn1c(Cc2ccccc2)nnc1SCC(=O)Nc1ccccc1C(=O)NC1CCCC1. The van der Waals surface area contributed by atoms with Crippen LogP contribution < -0.4 is 10.6 Å². The van der Waals surface area contributed by atoms with Gasteiger partial charge in [-0.05, 0) is 37.5 Å². The summed E-state index contributed by atoms with van der Waals surface area (Å²) in [5.41, 5.74) is 2.19. The molecule has 0 spiro atoms. The third-order valence-electron chi connectivity index (χ3n) is 5.78. The average Bonchev–Trinajstić information content (AvgIpc) is 3.48. The maximum Gasteiger partial charge on any atom is 0.253 e. The zero-order chi connectivity index (χ0) is 23.0. The fraction of sp³-hybridized carbons (Fsp3) is 0.360. The van der Waals surface area contributed by atoms with Gasteiger partial charge in [-0.3, -0.25) is 9.59 Å². The molecule has 1 fully saturated rings. The molecule has 1 aromatic heterocycles. The maximum absolute atomic E-state index is 12.7. The predicted octanol–water partition coefficient (Wildman–Crippen LogP) is 4.29. The van der Waals surface area contributed by atoms with E-state index in [9.17, 15) is 9.59 Å². The Labute approximate surface area is 198 Å². The lowest BCUT2D eigenvalue weighted by Crippen LogP contribution is -2.33. The summed E-state index contributed by atoms with van der Waals surface area (Å²) in [4.78, 5) is 25.4. The summed E-state index contributed by atoms with van der Waals surface area (Å²) in [6.07, 6.45) is 5.02. The fourth-order valence-corrected chi connectivity index (χ4v) is 4.91. The molecule has 2 amide bonds. The van der Waals surface area contributed by atoms with Gasteiger partial charge in [-0.1, -0.05) is 67.1 Å². The van der Waals surface area contributed by atoms with Gasteiger partial charge < -0.3 is 15.2 Å². The Balaban J connectivity index is 1.37. The van der Waals surface area contributed by atoms with E-state index < -0.39 is 0 Å². The first-order valence-electron chi connectivity index (χ1n) is 11.4. The van der Waals surface area contributed by atoms with Crippen molar-refractivity contribution in [3.63, 3.8) is 0 Å². The van der Waals surface area contributed by atoms with Gasteiger partial charge in [0.25, 0.3) is 5.91 Å². The fourth-order valence-electron chi connectivity index (χ4n) is 4.09. The standard InChI is InChI=1S/C25H29N5O2S/c1-2-30-22(16-18-10-4-3-5-11-18)28-29-25(30)33-17-23(31)27-21-15-9-8-14-20(21)24(32)26-19-12-6-7-13-19/h3-5,8-11,14-15,19H,2,6-7,12-13,16-17H2,1H3,(H,26,32)(H,27,31). The number of thioether (sulfide) groups is 1. The van der Waals surface area contributed by atoms with Crippen LogP contribution in [0, 0.1) is 0 Å². The average molecular weight is 464 g/mol. The summed E-state index contributed by atoms with van der Waals surface area (Å²) in [5.74, 6) is 0.737. The summed E-state index contributed by atoms with van der Waals surface area (Å²) in [7, 11) is 0. The minimum absolute atomic E-state index is 0.137. The van der Waals surface area contributed by atoms with E-state index in [-0.39, 0.29) is 23.6 Å². The second kappa shape index (κ2) is 11.1. The number of aromatic nitrogens is 3. The van der Waals surface area contributed by atoms with Crippen molar-refractivity contribution in [1.82, 2.24) is 20.1 Å². The van der Waals surface area contributed by atoms with Crippen molar-refractivity contribution in [1.29, 1.82) is 0 Å². The summed E-state index contributed by atoms with van der Waals surface area (Å²) in [6.45, 7) is 2.77. The quantitative estimate of drug-likeness (QED) is 0.462. The molecule has 0 bridgehead atoms. The van der Waals surface area contributed by atoms with Crippen molar-refractivity contribution in [2.45, 2.75) is 56.8 Å². The van der Waals surface area contributed by atoms with E-state index in [0.29, 0.717) is 22.8 Å². The van der Waals surface area contributed by atoms with Gasteiger partial charge in [0.05, 0.1) is 17.0 Å². The first kappa shape index (κ1) is 23.0. The number of benzene rings is 2. The molecular weight excluding hydrogens is 434 g/mol. The van der Waals surface area contributed by atoms with Crippen LogP contribution in [0.1, 0.15) is 54.4 Å². The monoisotopic (exact) mass is 463 g/mol. The van der Waals surface area contributed by atoms with Crippen LogP contribution in [-0.2, 0) is 17.8 Å². The molecule has 0 aliphatic heterocycles. The third kappa shape index (κ3) is 6.01. The van der Waals surface area contributed by atoms with Gasteiger partial charge in [-0.25, -0.2) is 0 Å². The van der Waals surface area contributed by atoms with E-state index in [1.54, 1.807) is 12.1 Å². The Bertz CT molecular complexity index is 1090. The van der Waals surface area contributed by atoms with Crippen molar-refractivity contribution in [2.24, 2.45) is 0 Å². The number of nitrogens with one attached hydrogen (secondary N) is 2. The molecule has 7 nitrogen and oxygen atoms in total. The number of rotatable bonds is 9. The Morgan fingerprint density at radius 3 is 2.52 bits per heavy atom. The van der Waals surface area contributed by atoms with Crippen LogP contribution in [0.3, 0.4) is 0 Å². The second-order valence-corrected chi connectivity index (χ2v) is 9.09. The first-order chi connectivity index (χ1) is 16.1. The summed E-state index contributed by atoms with van der Waals surface area (Å²) in [5, 5.41) is 15.3. The summed E-state index contributed by atoms with van der Waals surface area (Å²) >= 11 is 1.35. The van der Waals surface area contributed by atoms with Crippen molar-refractivity contribution in [2.75, 3.05) is 11.1 Å². The van der Waals surface area contributed by atoms with Gasteiger partial charge >= 0.3 is 0 Å². The number of para-hydroxylation sites is 1. The molecule has 8 heteroatoms. The molecule has 0 unspecified atom stereocenters. The van der Waals surface area contributed by atoms with Gasteiger partial charge in [0.1, 0.15) is 5.82 Å². The number of carbonyl (C=O) groups excluding carboxylic acids is 2. The van der Waals surface area contributed by atoms with E-state index in [1.807, 2.05) is 41.8 Å². The minimum Gasteiger partial charge on any atom is -0.349 e. The van der Waals surface area contributed by atoms with Crippen LogP contribution in [0.25, 0.3) is 0 Å². The van der Waals surface area contributed by atoms with Crippen molar-refractivity contribution in [3.8, 4) is 0 Å². The molecule has 0 atom stereocenters. The van der Waals surface area contributed by atoms with Crippen molar-refractivity contribution in [3.05, 3.63) is 71.5 Å². The highest BCUT2D eigenvalue weighted by atomic mass is 32.2. The first-order valence-corrected chi connectivity index (χ1v) is 12.4. The lowest BCUT2D eigenvalue weighted by molar-refractivity contribution is -0.113. The molecule has 33 heavy (non-hydrogen) atoms. The second-order valence-electron chi connectivity index (χ2n) is 8.14. The number of amides is 2. The van der Waals surface area contributed by atoms with E-state index in [1.165, 1.54) is 17.3 Å². The van der Waals surface area contributed by atoms with Gasteiger partial charge in [0, 0.05) is 19.0 Å². The van der Waals surface area contributed by atoms with E-state index in [0.717, 1.165) is 38.1 Å². The Kier molecular flexibility index (Phi) is 7.78. The Hall–Kier alpha value is -3.13. The minimum atomic E-state index is -0.184. The third-order valence-corrected chi connectivity index (χ3v) is 6.75. The smallest absolute Gasteiger partial charge is 0.253 e. The number of hydrogen-bond donors (Lipinski definition) is 2. The van der Waals surface area contributed by atoms with Crippen LogP contribution in [-0.4, -0.2) is 38.4 Å². The number of carbonyl (C=O) groups is 2. The molecule has 2 N–H and O–H groups in total. The van der Waals surface area contributed by atoms with Crippen LogP contribution >= 0.6 is 11.8 Å². The Morgan fingerprint density at radius 1 is 1.03 bits per heavy atom. The molecule has 3 aromatic rings. The Morgan fingerprint density at radius 2 is 1.76 bits per heavy atom. The van der Waals surface area contributed by atoms with Crippen LogP contribution in [0.4, 0.5) is 5.69 Å². The van der Waals surface area contributed by atoms with E-state index in [4.69, 9.17) is 0 Å². The topological polar surface area (TPSA) is 88.9 Å². The zero-order valence-electron chi connectivity index (χ0n) is 18.8. The van der Waals surface area contributed by atoms with E-state index in [2.05, 4.69) is 33.0 Å². The lowest BCUT2D eigenvalue weighted by atomic mass is 10.1. The highest BCUT2D eigenvalue weighted by molar-refractivity contribution is 7.99. The van der Waals surface area contributed by atoms with Gasteiger partial charge in [-0.2, -0.15) is 0 Å². The molecule has 4 rings (SSSR count). The van der Waals surface area contributed by atoms with Crippen LogP contribution in [0.5, 0.6) is 0 Å². The van der Waals surface area contributed by atoms with Crippen molar-refractivity contribution >= 4 is 29.3 Å². The highest BCUT2D eigenvalue weighted by Crippen LogP contribution is 2.22. The normalized spacial score (nSPS) is 13.7. The predicted molar refractivity (Wildman–Crippen MR) is 130 cm³/mol. The molecule has 1 aliphatic rings. The van der Waals surface area contributed by atoms with E-state index >= 15 is 0 Å².